The van der Waals surface area contributed by atoms with Gasteiger partial charge in [0.15, 0.2) is 5.65 Å². The fraction of sp³-hybridized carbons (Fsp3) is 0.400. The maximum absolute atomic E-state index is 6.25. The number of pyridine rings is 2. The minimum atomic E-state index is 0.318. The van der Waals surface area contributed by atoms with E-state index in [-0.39, 0.29) is 0 Å². The smallest absolute Gasteiger partial charge is 0.179 e. The predicted octanol–water partition coefficient (Wildman–Crippen LogP) is 3.53. The summed E-state index contributed by atoms with van der Waals surface area (Å²) in [6.45, 7) is 0. The van der Waals surface area contributed by atoms with E-state index in [4.69, 9.17) is 22.3 Å². The third-order valence-electron chi connectivity index (χ3n) is 5.87. The van der Waals surface area contributed by atoms with Gasteiger partial charge in [-0.1, -0.05) is 23.4 Å². The van der Waals surface area contributed by atoms with Crippen LogP contribution in [-0.2, 0) is 0 Å². The number of anilines is 2. The van der Waals surface area contributed by atoms with Gasteiger partial charge in [-0.25, -0.2) is 19.9 Å². The quantitative estimate of drug-likeness (QED) is 0.653. The number of nitrogens with zero attached hydrogens (tertiary/aromatic N) is 5. The monoisotopic (exact) mass is 427 g/mol. The molecule has 2 bridgehead atoms. The van der Waals surface area contributed by atoms with Crippen molar-refractivity contribution < 1.29 is 0 Å². The van der Waals surface area contributed by atoms with Crippen molar-refractivity contribution in [1.29, 1.82) is 0 Å². The highest BCUT2D eigenvalue weighted by molar-refractivity contribution is 7.99. The second-order valence-electron chi connectivity index (χ2n) is 7.58. The summed E-state index contributed by atoms with van der Waals surface area (Å²) in [4.78, 5) is 21.4. The first-order valence-electron chi connectivity index (χ1n) is 9.79. The molecule has 29 heavy (non-hydrogen) atoms. The van der Waals surface area contributed by atoms with Crippen molar-refractivity contribution in [1.82, 2.24) is 25.3 Å². The van der Waals surface area contributed by atoms with Gasteiger partial charge in [0.25, 0.3) is 0 Å². The van der Waals surface area contributed by atoms with E-state index < -0.39 is 0 Å². The van der Waals surface area contributed by atoms with Gasteiger partial charge in [-0.2, -0.15) is 0 Å². The Morgan fingerprint density at radius 2 is 1.93 bits per heavy atom. The Kier molecular flexibility index (Phi) is 4.93. The topological polar surface area (TPSA) is 92.8 Å². The molecule has 0 amide bonds. The van der Waals surface area contributed by atoms with E-state index in [0.29, 0.717) is 34.6 Å². The molecule has 5 heterocycles. The highest BCUT2D eigenvalue weighted by atomic mass is 35.5. The van der Waals surface area contributed by atoms with Crippen LogP contribution in [0.1, 0.15) is 25.7 Å². The van der Waals surface area contributed by atoms with Gasteiger partial charge < -0.3 is 16.0 Å². The zero-order valence-corrected chi connectivity index (χ0v) is 17.6. The van der Waals surface area contributed by atoms with Gasteiger partial charge in [-0.3, -0.25) is 0 Å². The lowest BCUT2D eigenvalue weighted by molar-refractivity contribution is 0.372. The number of aromatic nitrogens is 4. The average molecular weight is 428 g/mol. The van der Waals surface area contributed by atoms with Gasteiger partial charge in [0, 0.05) is 29.2 Å². The fourth-order valence-corrected chi connectivity index (χ4v) is 5.52. The Balaban J connectivity index is 1.41. The second-order valence-corrected chi connectivity index (χ2v) is 9.02. The van der Waals surface area contributed by atoms with E-state index in [1.807, 2.05) is 24.4 Å². The summed E-state index contributed by atoms with van der Waals surface area (Å²) in [6, 6.07) is 7.43. The minimum absolute atomic E-state index is 0.318. The molecule has 9 heteroatoms. The van der Waals surface area contributed by atoms with Crippen LogP contribution in [-0.4, -0.2) is 45.1 Å². The average Bonchev–Trinajstić information content (AvgIpc) is 3.00. The van der Waals surface area contributed by atoms with Crippen LogP contribution < -0.4 is 16.0 Å². The molecule has 2 fully saturated rings. The van der Waals surface area contributed by atoms with Crippen molar-refractivity contribution in [2.45, 2.75) is 53.7 Å². The van der Waals surface area contributed by atoms with Crippen molar-refractivity contribution in [2.75, 3.05) is 17.7 Å². The van der Waals surface area contributed by atoms with E-state index in [0.717, 1.165) is 34.1 Å². The van der Waals surface area contributed by atoms with Crippen molar-refractivity contribution in [3.63, 3.8) is 0 Å². The lowest BCUT2D eigenvalue weighted by Crippen LogP contribution is -2.48. The molecule has 2 saturated heterocycles. The molecule has 3 aromatic heterocycles. The van der Waals surface area contributed by atoms with E-state index >= 15 is 0 Å². The predicted molar refractivity (Wildman–Crippen MR) is 116 cm³/mol. The summed E-state index contributed by atoms with van der Waals surface area (Å²) in [6.07, 6.45) is 8.29. The van der Waals surface area contributed by atoms with Crippen LogP contribution in [0.15, 0.2) is 40.5 Å². The number of nitrogens with two attached hydrogens (primary N) is 1. The molecule has 2 aliphatic heterocycles. The molecule has 3 N–H and O–H groups in total. The van der Waals surface area contributed by atoms with Crippen molar-refractivity contribution in [3.8, 4) is 0 Å². The van der Waals surface area contributed by atoms with Crippen LogP contribution >= 0.6 is 23.4 Å². The van der Waals surface area contributed by atoms with Gasteiger partial charge in [0.1, 0.15) is 22.2 Å². The molecule has 2 aliphatic rings. The van der Waals surface area contributed by atoms with E-state index in [9.17, 15) is 0 Å². The zero-order valence-electron chi connectivity index (χ0n) is 16.0. The number of nitrogen functional groups attached to an aromatic ring is 1. The van der Waals surface area contributed by atoms with Gasteiger partial charge >= 0.3 is 0 Å². The first kappa shape index (κ1) is 18.8. The Morgan fingerprint density at radius 1 is 1.14 bits per heavy atom. The third-order valence-corrected chi connectivity index (χ3v) is 7.37. The van der Waals surface area contributed by atoms with Crippen LogP contribution in [0.3, 0.4) is 0 Å². The number of hydrogen-bond acceptors (Lipinski definition) is 8. The summed E-state index contributed by atoms with van der Waals surface area (Å²) in [7, 11) is 2.06. The molecule has 150 valence electrons. The van der Waals surface area contributed by atoms with Crippen molar-refractivity contribution >= 4 is 46.2 Å². The summed E-state index contributed by atoms with van der Waals surface area (Å²) >= 11 is 7.69. The highest BCUT2D eigenvalue weighted by Crippen LogP contribution is 2.39. The largest absolute Gasteiger partial charge is 0.382 e. The summed E-state index contributed by atoms with van der Waals surface area (Å²) in [5.41, 5.74) is 7.23. The number of nitrogens with one attached hydrogen (secondary N) is 1. The SMILES string of the molecule is CN[C@@H]1C[C@H]2CC[C@@H](C1)N2c1cnc2nc(Sc3ccnc(N)c3Cl)ccc2n1. The van der Waals surface area contributed by atoms with Crippen LogP contribution in [0.25, 0.3) is 11.2 Å². The lowest BCUT2D eigenvalue weighted by Gasteiger charge is -2.39. The molecular formula is C20H22ClN7S. The molecule has 0 radical (unpaired) electrons. The third kappa shape index (κ3) is 3.49. The van der Waals surface area contributed by atoms with E-state index in [1.54, 1.807) is 6.20 Å². The molecule has 5 rings (SSSR count). The Bertz CT molecular complexity index is 1050. The van der Waals surface area contributed by atoms with Gasteiger partial charge in [0.05, 0.1) is 11.2 Å². The number of fused-ring (bicyclic) bond motifs is 3. The minimum Gasteiger partial charge on any atom is -0.382 e. The van der Waals surface area contributed by atoms with Crippen LogP contribution in [0.2, 0.25) is 5.02 Å². The molecule has 0 aromatic carbocycles. The van der Waals surface area contributed by atoms with Crippen LogP contribution in [0.5, 0.6) is 0 Å². The Labute approximate surface area is 178 Å². The first-order chi connectivity index (χ1) is 14.1. The van der Waals surface area contributed by atoms with Gasteiger partial charge in [-0.15, -0.1) is 0 Å². The molecule has 3 atom stereocenters. The summed E-state index contributed by atoms with van der Waals surface area (Å²) in [5.74, 6) is 1.28. The highest BCUT2D eigenvalue weighted by Gasteiger charge is 2.41. The first-order valence-corrected chi connectivity index (χ1v) is 11.0. The maximum atomic E-state index is 6.25. The molecule has 3 aromatic rings. The van der Waals surface area contributed by atoms with Crippen LogP contribution in [0.4, 0.5) is 11.6 Å². The number of halogens is 1. The molecule has 0 saturated carbocycles. The molecule has 0 unspecified atom stereocenters. The van der Waals surface area contributed by atoms with Crippen molar-refractivity contribution in [2.24, 2.45) is 0 Å². The maximum Gasteiger partial charge on any atom is 0.179 e. The standard InChI is InChI=1S/C20H22ClN7S/c1-23-11-8-12-2-3-13(9-11)28(12)16-10-25-20-14(26-16)4-5-17(27-20)29-15-6-7-24-19(22)18(15)21/h4-7,10-13,23H,2-3,8-9H2,1H3,(H2,22,24)/t11-,12-,13+. The summed E-state index contributed by atoms with van der Waals surface area (Å²) in [5, 5.41) is 4.68. The molecule has 0 spiro atoms. The Morgan fingerprint density at radius 3 is 2.69 bits per heavy atom. The zero-order chi connectivity index (χ0) is 20.0. The lowest BCUT2D eigenvalue weighted by atomic mass is 9.97. The molecule has 7 nitrogen and oxygen atoms in total. The van der Waals surface area contributed by atoms with Gasteiger partial charge in [-0.05, 0) is 50.9 Å². The number of hydrogen-bond donors (Lipinski definition) is 2. The molecule has 0 aliphatic carbocycles. The fourth-order valence-electron chi connectivity index (χ4n) is 4.48. The number of piperidine rings is 1. The van der Waals surface area contributed by atoms with Crippen LogP contribution in [0, 0.1) is 0 Å². The summed E-state index contributed by atoms with van der Waals surface area (Å²) < 4.78 is 0. The second kappa shape index (κ2) is 7.59. The normalized spacial score (nSPS) is 23.7. The van der Waals surface area contributed by atoms with E-state index in [1.165, 1.54) is 24.6 Å². The Hall–Kier alpha value is -2.16. The van der Waals surface area contributed by atoms with E-state index in [2.05, 4.69) is 32.2 Å². The van der Waals surface area contributed by atoms with Crippen molar-refractivity contribution in [3.05, 3.63) is 35.6 Å². The number of rotatable bonds is 4. The molecular weight excluding hydrogens is 406 g/mol. The van der Waals surface area contributed by atoms with Gasteiger partial charge in [0.2, 0.25) is 0 Å².